The molecule has 0 atom stereocenters. The van der Waals surface area contributed by atoms with Crippen molar-refractivity contribution in [2.24, 2.45) is 0 Å². The molecular formula is C56H58S. The first-order valence-corrected chi connectivity index (χ1v) is 21.0. The summed E-state index contributed by atoms with van der Waals surface area (Å²) < 4.78 is 0. The zero-order valence-electron chi connectivity index (χ0n) is 35.9. The van der Waals surface area contributed by atoms with Gasteiger partial charge in [0.2, 0.25) is 0 Å². The Labute approximate surface area is 348 Å². The van der Waals surface area contributed by atoms with Crippen LogP contribution in [-0.4, -0.2) is 0 Å². The fourth-order valence-corrected chi connectivity index (χ4v) is 9.58. The lowest BCUT2D eigenvalue weighted by atomic mass is 9.79. The monoisotopic (exact) mass is 762 g/mol. The molecule has 7 aromatic rings. The Kier molecular flexibility index (Phi) is 11.3. The molecule has 7 rings (SSSR count). The van der Waals surface area contributed by atoms with Gasteiger partial charge in [0.05, 0.1) is 0 Å². The van der Waals surface area contributed by atoms with Gasteiger partial charge in [-0.2, -0.15) is 0 Å². The van der Waals surface area contributed by atoms with Gasteiger partial charge >= 0.3 is 0 Å². The number of hydrogen-bond acceptors (Lipinski definition) is 1. The molecule has 1 heteroatoms. The van der Waals surface area contributed by atoms with E-state index in [1.54, 1.807) is 0 Å². The largest absolute Gasteiger partial charge is 0.143 e. The minimum Gasteiger partial charge on any atom is -0.143 e. The van der Waals surface area contributed by atoms with Crippen LogP contribution in [0.5, 0.6) is 0 Å². The van der Waals surface area contributed by atoms with Crippen molar-refractivity contribution in [2.45, 2.75) is 99.3 Å². The smallest absolute Gasteiger partial charge is 0.0111 e. The predicted octanol–water partition coefficient (Wildman–Crippen LogP) is 15.6. The number of aryl methyl sites for hydroxylation is 8. The van der Waals surface area contributed by atoms with Crippen LogP contribution in [0.3, 0.4) is 0 Å². The van der Waals surface area contributed by atoms with E-state index in [4.69, 9.17) is 12.6 Å². The molecule has 0 fully saturated rings. The Balaban J connectivity index is 1.50. The third kappa shape index (κ3) is 7.80. The van der Waals surface area contributed by atoms with Gasteiger partial charge in [-0.25, -0.2) is 0 Å². The molecule has 0 spiro atoms. The van der Waals surface area contributed by atoms with Crippen molar-refractivity contribution in [3.8, 4) is 44.5 Å². The van der Waals surface area contributed by atoms with Crippen molar-refractivity contribution in [1.82, 2.24) is 0 Å². The Hall–Kier alpha value is -5.11. The SMILES string of the molecule is Cc1cccc(C)c1-c1cccc(-c2c(C)cccc2C)c1Cc1cc(C(C)(C)C)cc(Cc2c(-c3c(C)cccc3C)cccc2-c2c(C)cccc2C)c1S. The Morgan fingerprint density at radius 1 is 0.368 bits per heavy atom. The molecule has 7 aromatic carbocycles. The van der Waals surface area contributed by atoms with E-state index in [9.17, 15) is 0 Å². The highest BCUT2D eigenvalue weighted by Gasteiger charge is 2.24. The molecule has 288 valence electrons. The van der Waals surface area contributed by atoms with E-state index in [2.05, 4.69) is 197 Å². The maximum atomic E-state index is 5.56. The van der Waals surface area contributed by atoms with Crippen LogP contribution >= 0.6 is 12.6 Å². The lowest BCUT2D eigenvalue weighted by molar-refractivity contribution is 0.587. The highest BCUT2D eigenvalue weighted by molar-refractivity contribution is 7.80. The molecule has 0 unspecified atom stereocenters. The number of thiol groups is 1. The topological polar surface area (TPSA) is 0 Å². The van der Waals surface area contributed by atoms with E-state index in [-0.39, 0.29) is 5.41 Å². The fraction of sp³-hybridized carbons (Fsp3) is 0.250. The normalized spacial score (nSPS) is 11.6. The molecule has 0 heterocycles. The number of rotatable bonds is 8. The van der Waals surface area contributed by atoms with Gasteiger partial charge in [0, 0.05) is 4.90 Å². The van der Waals surface area contributed by atoms with Crippen molar-refractivity contribution in [2.75, 3.05) is 0 Å². The molecule has 0 nitrogen and oxygen atoms in total. The summed E-state index contributed by atoms with van der Waals surface area (Å²) >= 11 is 5.56. The van der Waals surface area contributed by atoms with Gasteiger partial charge in [0.25, 0.3) is 0 Å². The van der Waals surface area contributed by atoms with Gasteiger partial charge in [-0.1, -0.05) is 142 Å². The second-order valence-electron chi connectivity index (χ2n) is 17.5. The van der Waals surface area contributed by atoms with Gasteiger partial charge in [0.15, 0.2) is 0 Å². The third-order valence-corrected chi connectivity index (χ3v) is 12.8. The third-order valence-electron chi connectivity index (χ3n) is 12.2. The van der Waals surface area contributed by atoms with E-state index in [1.165, 1.54) is 117 Å². The van der Waals surface area contributed by atoms with Crippen LogP contribution in [0.15, 0.2) is 126 Å². The first kappa shape index (κ1) is 40.1. The Bertz CT molecular complexity index is 2250. The number of hydrogen-bond donors (Lipinski definition) is 1. The molecule has 0 aliphatic heterocycles. The average Bonchev–Trinajstić information content (AvgIpc) is 3.14. The average molecular weight is 763 g/mol. The zero-order chi connectivity index (χ0) is 40.8. The number of benzene rings is 7. The molecule has 0 amide bonds. The molecular weight excluding hydrogens is 705 g/mol. The van der Waals surface area contributed by atoms with E-state index in [1.807, 2.05) is 0 Å². The van der Waals surface area contributed by atoms with Gasteiger partial charge in [-0.05, 0) is 190 Å². The molecule has 0 aliphatic rings. The highest BCUT2D eigenvalue weighted by atomic mass is 32.1. The van der Waals surface area contributed by atoms with E-state index in [0.717, 1.165) is 17.7 Å². The van der Waals surface area contributed by atoms with Gasteiger partial charge in [0.1, 0.15) is 0 Å². The van der Waals surface area contributed by atoms with Crippen molar-refractivity contribution in [3.05, 3.63) is 194 Å². The molecule has 0 saturated carbocycles. The minimum absolute atomic E-state index is 0.0614. The molecule has 0 N–H and O–H groups in total. The summed E-state index contributed by atoms with van der Waals surface area (Å²) in [6.07, 6.45) is 1.54. The fourth-order valence-electron chi connectivity index (χ4n) is 9.29. The van der Waals surface area contributed by atoms with Crippen LogP contribution < -0.4 is 0 Å². The van der Waals surface area contributed by atoms with Crippen LogP contribution in [0.1, 0.15) is 93.1 Å². The molecule has 0 bridgehead atoms. The van der Waals surface area contributed by atoms with Crippen molar-refractivity contribution >= 4 is 12.6 Å². The van der Waals surface area contributed by atoms with Crippen LogP contribution in [0.25, 0.3) is 44.5 Å². The van der Waals surface area contributed by atoms with E-state index >= 15 is 0 Å². The van der Waals surface area contributed by atoms with Gasteiger partial charge < -0.3 is 0 Å². The lowest BCUT2D eigenvalue weighted by Crippen LogP contribution is -2.14. The summed E-state index contributed by atoms with van der Waals surface area (Å²) in [5.74, 6) is 0. The van der Waals surface area contributed by atoms with Crippen LogP contribution in [0.4, 0.5) is 0 Å². The summed E-state index contributed by atoms with van der Waals surface area (Å²) in [6, 6.07) is 45.5. The predicted molar refractivity (Wildman–Crippen MR) is 251 cm³/mol. The molecule has 0 aliphatic carbocycles. The standard InChI is InChI=1S/C56H58S/c1-34-18-12-19-35(2)51(34)45-26-16-27-46(52-36(3)20-13-21-37(52)4)49(45)32-42-30-44(56(9,10)11)31-43(55(42)57)33-50-47(53-38(5)22-14-23-39(53)6)28-17-29-48(50)54-40(7)24-15-25-41(54)8/h12-31,57H,32-33H2,1-11H3. The minimum atomic E-state index is -0.0614. The van der Waals surface area contributed by atoms with Crippen molar-refractivity contribution in [3.63, 3.8) is 0 Å². The second-order valence-corrected chi connectivity index (χ2v) is 17.9. The van der Waals surface area contributed by atoms with Gasteiger partial charge in [-0.3, -0.25) is 0 Å². The van der Waals surface area contributed by atoms with Crippen molar-refractivity contribution in [1.29, 1.82) is 0 Å². The molecule has 0 saturated heterocycles. The lowest BCUT2D eigenvalue weighted by Gasteiger charge is -2.26. The first-order valence-electron chi connectivity index (χ1n) is 20.5. The van der Waals surface area contributed by atoms with E-state index in [0.29, 0.717) is 0 Å². The Morgan fingerprint density at radius 2 is 0.596 bits per heavy atom. The molecule has 0 aromatic heterocycles. The highest BCUT2D eigenvalue weighted by Crippen LogP contribution is 2.44. The summed E-state index contributed by atoms with van der Waals surface area (Å²) in [4.78, 5) is 1.08. The zero-order valence-corrected chi connectivity index (χ0v) is 36.8. The summed E-state index contributed by atoms with van der Waals surface area (Å²) in [7, 11) is 0. The first-order chi connectivity index (χ1) is 27.1. The van der Waals surface area contributed by atoms with Crippen LogP contribution in [-0.2, 0) is 18.3 Å². The summed E-state index contributed by atoms with van der Waals surface area (Å²) in [6.45, 7) is 25.0. The van der Waals surface area contributed by atoms with Crippen LogP contribution in [0, 0.1) is 55.4 Å². The quantitative estimate of drug-likeness (QED) is 0.146. The Morgan fingerprint density at radius 3 is 0.825 bits per heavy atom. The van der Waals surface area contributed by atoms with Gasteiger partial charge in [-0.15, -0.1) is 12.6 Å². The van der Waals surface area contributed by atoms with E-state index < -0.39 is 0 Å². The summed E-state index contributed by atoms with van der Waals surface area (Å²) in [5.41, 5.74) is 27.4. The maximum Gasteiger partial charge on any atom is 0.0111 e. The molecule has 57 heavy (non-hydrogen) atoms. The summed E-state index contributed by atoms with van der Waals surface area (Å²) in [5, 5.41) is 0. The maximum absolute atomic E-state index is 5.56. The van der Waals surface area contributed by atoms with Crippen molar-refractivity contribution < 1.29 is 0 Å². The molecule has 0 radical (unpaired) electrons. The van der Waals surface area contributed by atoms with Crippen LogP contribution in [0.2, 0.25) is 0 Å². The second kappa shape index (κ2) is 16.0.